The van der Waals surface area contributed by atoms with Crippen molar-refractivity contribution in [1.82, 2.24) is 0 Å². The monoisotopic (exact) mass is 280 g/mol. The van der Waals surface area contributed by atoms with Gasteiger partial charge in [0.1, 0.15) is 10.7 Å². The molecule has 1 aromatic carbocycles. The first kappa shape index (κ1) is 14.8. The van der Waals surface area contributed by atoms with Crippen LogP contribution in [-0.2, 0) is 9.84 Å². The number of benzene rings is 1. The maximum Gasteiger partial charge on any atom is 0.186 e. The highest BCUT2D eigenvalue weighted by Crippen LogP contribution is 2.34. The van der Waals surface area contributed by atoms with E-state index in [4.69, 9.17) is 9.84 Å². The van der Waals surface area contributed by atoms with Crippen LogP contribution in [0.5, 0.6) is 5.75 Å². The van der Waals surface area contributed by atoms with Gasteiger partial charge in [0.15, 0.2) is 21.4 Å². The average Bonchev–Trinajstić information content (AvgIpc) is 2.25. The summed E-state index contributed by atoms with van der Waals surface area (Å²) in [5, 5.41) is 9.00. The highest BCUT2D eigenvalue weighted by atomic mass is 32.2. The zero-order chi connectivity index (χ0) is 14.1. The van der Waals surface area contributed by atoms with Gasteiger partial charge in [-0.2, -0.15) is 0 Å². The Labute approximate surface area is 104 Å². The zero-order valence-corrected chi connectivity index (χ0v) is 11.0. The van der Waals surface area contributed by atoms with Crippen LogP contribution in [0.3, 0.4) is 0 Å². The molecule has 102 valence electrons. The molecule has 0 saturated heterocycles. The van der Waals surface area contributed by atoms with Gasteiger partial charge in [-0.25, -0.2) is 17.2 Å². The number of ether oxygens (including phenoxy) is 1. The Morgan fingerprint density at radius 2 is 2.00 bits per heavy atom. The fraction of sp³-hybridized carbons (Fsp3) is 0.455. The van der Waals surface area contributed by atoms with Crippen molar-refractivity contribution in [3.8, 4) is 5.75 Å². The van der Waals surface area contributed by atoms with E-state index in [9.17, 15) is 17.2 Å². The van der Waals surface area contributed by atoms with Crippen LogP contribution in [0.2, 0.25) is 0 Å². The lowest BCUT2D eigenvalue weighted by Crippen LogP contribution is -2.11. The molecule has 1 aromatic rings. The Morgan fingerprint density at radius 1 is 1.44 bits per heavy atom. The summed E-state index contributed by atoms with van der Waals surface area (Å²) in [6, 6.07) is 0.874. The lowest BCUT2D eigenvalue weighted by atomic mass is 10.0. The van der Waals surface area contributed by atoms with Gasteiger partial charge in [-0.05, 0) is 6.07 Å². The molecular weight excluding hydrogens is 266 g/mol. The molecule has 0 saturated carbocycles. The van der Waals surface area contributed by atoms with Crippen molar-refractivity contribution in [2.45, 2.75) is 17.7 Å². The SMILES string of the molecule is COc1c(C(C)CO)cc(F)c(S(C)(=O)=O)c1F. The quantitative estimate of drug-likeness (QED) is 0.907. The highest BCUT2D eigenvalue weighted by Gasteiger charge is 2.27. The highest BCUT2D eigenvalue weighted by molar-refractivity contribution is 7.90. The molecule has 0 heterocycles. The first-order valence-corrected chi connectivity index (χ1v) is 7.00. The van der Waals surface area contributed by atoms with Crippen LogP contribution in [0.1, 0.15) is 18.4 Å². The minimum Gasteiger partial charge on any atom is -0.493 e. The molecule has 0 aliphatic heterocycles. The summed E-state index contributed by atoms with van der Waals surface area (Å²) in [5.74, 6) is -3.39. The zero-order valence-electron chi connectivity index (χ0n) is 10.2. The molecule has 1 N–H and O–H groups in total. The van der Waals surface area contributed by atoms with Gasteiger partial charge in [-0.1, -0.05) is 6.92 Å². The second-order valence-corrected chi connectivity index (χ2v) is 5.93. The molecule has 0 amide bonds. The van der Waals surface area contributed by atoms with Crippen LogP contribution in [0.4, 0.5) is 8.78 Å². The van der Waals surface area contributed by atoms with Crippen LogP contribution in [0.25, 0.3) is 0 Å². The molecule has 0 aliphatic carbocycles. The van der Waals surface area contributed by atoms with Gasteiger partial charge < -0.3 is 9.84 Å². The molecule has 7 heteroatoms. The summed E-state index contributed by atoms with van der Waals surface area (Å²) in [4.78, 5) is -1.02. The van der Waals surface area contributed by atoms with Crippen LogP contribution in [0.15, 0.2) is 11.0 Å². The summed E-state index contributed by atoms with van der Waals surface area (Å²) >= 11 is 0. The number of aliphatic hydroxyl groups is 1. The fourth-order valence-electron chi connectivity index (χ4n) is 1.61. The molecule has 0 aromatic heterocycles. The van der Waals surface area contributed by atoms with Gasteiger partial charge in [0.25, 0.3) is 0 Å². The maximum absolute atomic E-state index is 14.0. The minimum atomic E-state index is -4.04. The molecule has 4 nitrogen and oxygen atoms in total. The van der Waals surface area contributed by atoms with E-state index < -0.39 is 32.3 Å². The van der Waals surface area contributed by atoms with Gasteiger partial charge >= 0.3 is 0 Å². The smallest absolute Gasteiger partial charge is 0.186 e. The summed E-state index contributed by atoms with van der Waals surface area (Å²) in [5.41, 5.74) is 0.0856. The van der Waals surface area contributed by atoms with Crippen molar-refractivity contribution in [2.75, 3.05) is 20.0 Å². The van der Waals surface area contributed by atoms with Crippen molar-refractivity contribution in [2.24, 2.45) is 0 Å². The Kier molecular flexibility index (Phi) is 4.28. The first-order chi connectivity index (χ1) is 8.23. The second-order valence-electron chi connectivity index (χ2n) is 3.98. The van der Waals surface area contributed by atoms with Gasteiger partial charge in [-0.3, -0.25) is 0 Å². The summed E-state index contributed by atoms with van der Waals surface area (Å²) in [6.07, 6.45) is 0.711. The second kappa shape index (κ2) is 5.19. The largest absolute Gasteiger partial charge is 0.493 e. The number of methoxy groups -OCH3 is 1. The Bertz CT molecular complexity index is 555. The first-order valence-electron chi connectivity index (χ1n) is 5.10. The third-order valence-electron chi connectivity index (χ3n) is 2.54. The van der Waals surface area contributed by atoms with E-state index in [0.717, 1.165) is 13.2 Å². The predicted octanol–water partition coefficient (Wildman–Crippen LogP) is 1.47. The number of sulfone groups is 1. The number of aliphatic hydroxyl groups excluding tert-OH is 1. The average molecular weight is 280 g/mol. The Hall–Kier alpha value is -1.21. The van der Waals surface area contributed by atoms with E-state index in [2.05, 4.69) is 0 Å². The molecule has 0 bridgehead atoms. The van der Waals surface area contributed by atoms with Crippen LogP contribution in [0, 0.1) is 11.6 Å². The van der Waals surface area contributed by atoms with E-state index in [-0.39, 0.29) is 17.9 Å². The van der Waals surface area contributed by atoms with Crippen molar-refractivity contribution in [3.63, 3.8) is 0 Å². The van der Waals surface area contributed by atoms with E-state index in [1.54, 1.807) is 0 Å². The maximum atomic E-state index is 14.0. The van der Waals surface area contributed by atoms with Gasteiger partial charge in [0.2, 0.25) is 0 Å². The molecule has 0 aliphatic rings. The number of hydrogen-bond acceptors (Lipinski definition) is 4. The fourth-order valence-corrected chi connectivity index (χ4v) is 2.45. The van der Waals surface area contributed by atoms with Crippen molar-refractivity contribution in [3.05, 3.63) is 23.3 Å². The third kappa shape index (κ3) is 2.62. The summed E-state index contributed by atoms with van der Waals surface area (Å²) in [7, 11) is -2.89. The normalized spacial score (nSPS) is 13.4. The molecular formula is C11H14F2O4S. The summed E-state index contributed by atoms with van der Waals surface area (Å²) in [6.45, 7) is 1.20. The molecule has 1 unspecified atom stereocenters. The molecule has 1 rings (SSSR count). The Balaban J connectivity index is 3.65. The molecule has 1 atom stereocenters. The van der Waals surface area contributed by atoms with E-state index in [1.807, 2.05) is 0 Å². The number of halogens is 2. The van der Waals surface area contributed by atoms with Crippen LogP contribution < -0.4 is 4.74 Å². The summed E-state index contributed by atoms with van der Waals surface area (Å²) < 4.78 is 55.0. The van der Waals surface area contributed by atoms with E-state index in [1.165, 1.54) is 6.92 Å². The molecule has 0 fully saturated rings. The minimum absolute atomic E-state index is 0.0856. The van der Waals surface area contributed by atoms with Crippen molar-refractivity contribution in [1.29, 1.82) is 0 Å². The van der Waals surface area contributed by atoms with E-state index in [0.29, 0.717) is 6.26 Å². The topological polar surface area (TPSA) is 63.6 Å². The van der Waals surface area contributed by atoms with Gasteiger partial charge in [-0.15, -0.1) is 0 Å². The molecule has 0 spiro atoms. The predicted molar refractivity (Wildman–Crippen MR) is 61.5 cm³/mol. The van der Waals surface area contributed by atoms with Gasteiger partial charge in [0, 0.05) is 24.3 Å². The van der Waals surface area contributed by atoms with Crippen molar-refractivity contribution >= 4 is 9.84 Å². The van der Waals surface area contributed by atoms with Crippen molar-refractivity contribution < 1.29 is 27.0 Å². The molecule has 0 radical (unpaired) electrons. The van der Waals surface area contributed by atoms with Gasteiger partial charge in [0.05, 0.1) is 7.11 Å². The number of hydrogen-bond donors (Lipinski definition) is 1. The number of rotatable bonds is 4. The van der Waals surface area contributed by atoms with Crippen LogP contribution in [-0.4, -0.2) is 33.5 Å². The third-order valence-corrected chi connectivity index (χ3v) is 3.66. The standard InChI is InChI=1S/C11H14F2O4S/c1-6(5-14)7-4-8(12)11(18(3,15)16)9(13)10(7)17-2/h4,6,14H,5H2,1-3H3. The lowest BCUT2D eigenvalue weighted by Gasteiger charge is -2.16. The molecule has 18 heavy (non-hydrogen) atoms. The lowest BCUT2D eigenvalue weighted by molar-refractivity contribution is 0.267. The Morgan fingerprint density at radius 3 is 2.39 bits per heavy atom. The van der Waals surface area contributed by atoms with Crippen LogP contribution >= 0.6 is 0 Å². The van der Waals surface area contributed by atoms with E-state index >= 15 is 0 Å².